The molecule has 2 aliphatic heterocycles. The van der Waals surface area contributed by atoms with Gasteiger partial charge in [-0.25, -0.2) is 9.97 Å². The van der Waals surface area contributed by atoms with Crippen LogP contribution in [-0.4, -0.2) is 68.5 Å². The second-order valence-corrected chi connectivity index (χ2v) is 11.0. The van der Waals surface area contributed by atoms with E-state index in [1.54, 1.807) is 36.3 Å². The number of piperidine rings is 1. The van der Waals surface area contributed by atoms with Crippen LogP contribution in [0.5, 0.6) is 11.5 Å². The molecular formula is C30H28N6O5. The van der Waals surface area contributed by atoms with Crippen molar-refractivity contribution in [2.45, 2.75) is 43.6 Å². The Morgan fingerprint density at radius 1 is 1.12 bits per heavy atom. The molecule has 4 aromatic rings. The maximum absolute atomic E-state index is 13.6. The lowest BCUT2D eigenvalue weighted by Crippen LogP contribution is -2.52. The summed E-state index contributed by atoms with van der Waals surface area (Å²) in [6.45, 7) is 0.887. The summed E-state index contributed by atoms with van der Waals surface area (Å²) in [7, 11) is 1.61. The molecular weight excluding hydrogens is 524 g/mol. The molecule has 2 aromatic heterocycles. The number of para-hydroxylation sites is 1. The van der Waals surface area contributed by atoms with Crippen LogP contribution in [0.4, 0.5) is 0 Å². The van der Waals surface area contributed by atoms with Gasteiger partial charge in [-0.2, -0.15) is 5.10 Å². The number of hydrogen-bond acceptors (Lipinski definition) is 8. The van der Waals surface area contributed by atoms with Gasteiger partial charge in [0.25, 0.3) is 11.8 Å². The third kappa shape index (κ3) is 4.37. The van der Waals surface area contributed by atoms with Crippen molar-refractivity contribution >= 4 is 28.5 Å². The Morgan fingerprint density at radius 2 is 1.93 bits per heavy atom. The lowest BCUT2D eigenvalue weighted by atomic mass is 9.82. The lowest BCUT2D eigenvalue weighted by molar-refractivity contribution is -0.00584. The van der Waals surface area contributed by atoms with E-state index in [-0.39, 0.29) is 29.8 Å². The molecule has 1 spiro atoms. The first-order chi connectivity index (χ1) is 19.8. The number of H-pyrrole nitrogens is 1. The van der Waals surface area contributed by atoms with Gasteiger partial charge in [-0.15, -0.1) is 0 Å². The van der Waals surface area contributed by atoms with Crippen molar-refractivity contribution in [1.29, 1.82) is 0 Å². The maximum atomic E-state index is 13.6. The number of fused-ring (bicyclic) bond motifs is 2. The quantitative estimate of drug-likeness (QED) is 0.380. The second kappa shape index (κ2) is 9.39. The van der Waals surface area contributed by atoms with E-state index in [4.69, 9.17) is 20.2 Å². The number of methoxy groups -OCH3 is 1. The number of hydrogen-bond donors (Lipinski definition) is 2. The fourth-order valence-corrected chi connectivity index (χ4v) is 5.93. The maximum Gasteiger partial charge on any atom is 0.286 e. The molecule has 2 fully saturated rings. The van der Waals surface area contributed by atoms with Crippen molar-refractivity contribution in [3.05, 3.63) is 65.1 Å². The van der Waals surface area contributed by atoms with Gasteiger partial charge in [-0.3, -0.25) is 19.5 Å². The third-order valence-corrected chi connectivity index (χ3v) is 8.32. The van der Waals surface area contributed by atoms with E-state index in [2.05, 4.69) is 21.2 Å². The van der Waals surface area contributed by atoms with Crippen LogP contribution >= 0.6 is 0 Å². The van der Waals surface area contributed by atoms with Gasteiger partial charge in [-0.1, -0.05) is 12.1 Å². The van der Waals surface area contributed by atoms with Crippen LogP contribution in [0.2, 0.25) is 0 Å². The zero-order chi connectivity index (χ0) is 28.3. The number of rotatable bonds is 5. The number of nitrogens with one attached hydrogen (secondary N) is 1. The highest BCUT2D eigenvalue weighted by atomic mass is 16.5. The molecule has 2 aromatic carbocycles. The second-order valence-electron chi connectivity index (χ2n) is 11.0. The highest BCUT2D eigenvalue weighted by Crippen LogP contribution is 2.44. The van der Waals surface area contributed by atoms with E-state index in [9.17, 15) is 14.4 Å². The van der Waals surface area contributed by atoms with Crippen LogP contribution in [0.1, 0.15) is 75.1 Å². The zero-order valence-corrected chi connectivity index (χ0v) is 22.5. The molecule has 4 heterocycles. The summed E-state index contributed by atoms with van der Waals surface area (Å²) >= 11 is 0. The normalized spacial score (nSPS) is 17.8. The van der Waals surface area contributed by atoms with E-state index in [1.165, 1.54) is 5.56 Å². The molecule has 2 amide bonds. The number of Topliss-reactive ketones (excluding diaryl/α,β-unsaturated/α-hetero) is 1. The Balaban J connectivity index is 1.09. The number of amides is 2. The van der Waals surface area contributed by atoms with Crippen LogP contribution < -0.4 is 15.2 Å². The molecule has 1 saturated heterocycles. The number of nitrogens with two attached hydrogens (primary N) is 1. The van der Waals surface area contributed by atoms with Crippen LogP contribution in [0.3, 0.4) is 0 Å². The van der Waals surface area contributed by atoms with E-state index in [0.717, 1.165) is 23.7 Å². The number of pyridine rings is 1. The van der Waals surface area contributed by atoms with Gasteiger partial charge in [0.15, 0.2) is 11.6 Å². The Hall–Kier alpha value is -4.80. The first-order valence-electron chi connectivity index (χ1n) is 13.7. The number of nitrogens with zero attached hydrogens (tertiary/aromatic N) is 4. The molecule has 11 heteroatoms. The zero-order valence-electron chi connectivity index (χ0n) is 22.5. The first kappa shape index (κ1) is 25.2. The number of carbonyl (C=O) groups excluding carboxylic acids is 3. The van der Waals surface area contributed by atoms with E-state index in [0.29, 0.717) is 60.2 Å². The molecule has 0 bridgehead atoms. The highest BCUT2D eigenvalue weighted by Gasteiger charge is 2.44. The first-order valence-corrected chi connectivity index (χ1v) is 13.7. The summed E-state index contributed by atoms with van der Waals surface area (Å²) in [5.41, 5.74) is 7.95. The number of carbonyl (C=O) groups is 3. The molecule has 1 aliphatic carbocycles. The number of aromatic amines is 1. The molecule has 41 heavy (non-hydrogen) atoms. The smallest absolute Gasteiger partial charge is 0.286 e. The van der Waals surface area contributed by atoms with Gasteiger partial charge in [0.05, 0.1) is 24.6 Å². The van der Waals surface area contributed by atoms with Gasteiger partial charge in [0.1, 0.15) is 22.8 Å². The number of likely N-dealkylation sites (tertiary alicyclic amines) is 1. The fourth-order valence-electron chi connectivity index (χ4n) is 5.93. The Morgan fingerprint density at radius 3 is 2.63 bits per heavy atom. The Kier molecular flexibility index (Phi) is 5.77. The minimum atomic E-state index is -0.716. The van der Waals surface area contributed by atoms with E-state index >= 15 is 0 Å². The van der Waals surface area contributed by atoms with Crippen LogP contribution in [0.25, 0.3) is 22.3 Å². The predicted octanol–water partition coefficient (Wildman–Crippen LogP) is 3.65. The van der Waals surface area contributed by atoms with E-state index < -0.39 is 11.5 Å². The Bertz CT molecular complexity index is 1730. The summed E-state index contributed by atoms with van der Waals surface area (Å²) in [6, 6.07) is 13.0. The average molecular weight is 553 g/mol. The summed E-state index contributed by atoms with van der Waals surface area (Å²) in [4.78, 5) is 48.9. The molecule has 7 rings (SSSR count). The molecule has 0 unspecified atom stereocenters. The monoisotopic (exact) mass is 552 g/mol. The van der Waals surface area contributed by atoms with Crippen molar-refractivity contribution in [2.24, 2.45) is 5.73 Å². The summed E-state index contributed by atoms with van der Waals surface area (Å²) < 4.78 is 12.1. The molecule has 3 N–H and O–H groups in total. The number of ketones is 1. The number of primary amides is 1. The van der Waals surface area contributed by atoms with Gasteiger partial charge in [0, 0.05) is 42.9 Å². The fraction of sp³-hybridized carbons (Fsp3) is 0.333. The molecule has 11 nitrogen and oxygen atoms in total. The predicted molar refractivity (Wildman–Crippen MR) is 148 cm³/mol. The van der Waals surface area contributed by atoms with E-state index in [1.807, 2.05) is 12.1 Å². The van der Waals surface area contributed by atoms with Crippen molar-refractivity contribution in [2.75, 3.05) is 20.2 Å². The van der Waals surface area contributed by atoms with Crippen molar-refractivity contribution in [1.82, 2.24) is 25.1 Å². The summed E-state index contributed by atoms with van der Waals surface area (Å²) in [5.74, 6) is 0.912. The summed E-state index contributed by atoms with van der Waals surface area (Å²) in [6.07, 6.45) is 3.52. The standard InChI is InChI=1S/C30H28N6O5/c1-40-24-14-21(32-25-18(16-5-6-16)3-2-4-19(24)25)29(39)36-11-9-30(10-12-36)15-22(37)20-13-17(7-8-23(20)41-30)27-33-28(26(31)38)35-34-27/h2-4,7-8,13-14,16H,5-6,9-12,15H2,1H3,(H2,31,38)(H,33,34,35). The largest absolute Gasteiger partial charge is 0.496 e. The van der Waals surface area contributed by atoms with Crippen molar-refractivity contribution in [3.63, 3.8) is 0 Å². The number of aromatic nitrogens is 4. The topological polar surface area (TPSA) is 153 Å². The third-order valence-electron chi connectivity index (χ3n) is 8.32. The van der Waals surface area contributed by atoms with Gasteiger partial charge >= 0.3 is 0 Å². The lowest BCUT2D eigenvalue weighted by Gasteiger charge is -2.43. The van der Waals surface area contributed by atoms with Gasteiger partial charge in [-0.05, 0) is 48.6 Å². The molecule has 0 atom stereocenters. The van der Waals surface area contributed by atoms with Crippen molar-refractivity contribution < 1.29 is 23.9 Å². The minimum absolute atomic E-state index is 0.0490. The molecule has 3 aliphatic rings. The van der Waals surface area contributed by atoms with Crippen LogP contribution in [0, 0.1) is 0 Å². The highest BCUT2D eigenvalue weighted by molar-refractivity contribution is 6.02. The molecule has 208 valence electrons. The number of ether oxygens (including phenoxy) is 2. The van der Waals surface area contributed by atoms with Crippen molar-refractivity contribution in [3.8, 4) is 22.9 Å². The number of benzene rings is 2. The van der Waals surface area contributed by atoms with Crippen LogP contribution in [0.15, 0.2) is 42.5 Å². The Labute approximate surface area is 235 Å². The average Bonchev–Trinajstić information content (AvgIpc) is 3.71. The minimum Gasteiger partial charge on any atom is -0.496 e. The SMILES string of the molecule is COc1cc(C(=O)N2CCC3(CC2)CC(=O)c2cc(-c4n[nH]c(C(N)=O)n4)ccc2O3)nc2c(C3CC3)cccc12. The molecule has 1 saturated carbocycles. The van der Waals surface area contributed by atoms with Gasteiger partial charge < -0.3 is 20.1 Å². The van der Waals surface area contributed by atoms with Crippen LogP contribution in [-0.2, 0) is 0 Å². The molecule has 0 radical (unpaired) electrons. The van der Waals surface area contributed by atoms with Gasteiger partial charge in [0.2, 0.25) is 5.82 Å². The summed E-state index contributed by atoms with van der Waals surface area (Å²) in [5, 5.41) is 7.43.